The molecule has 130 valence electrons. The van der Waals surface area contributed by atoms with Gasteiger partial charge in [0.25, 0.3) is 5.91 Å². The van der Waals surface area contributed by atoms with Crippen LogP contribution >= 0.6 is 11.3 Å². The number of rotatable bonds is 3. The third-order valence-corrected chi connectivity index (χ3v) is 5.60. The van der Waals surface area contributed by atoms with Gasteiger partial charge in [-0.05, 0) is 44.5 Å². The molecule has 1 saturated heterocycles. The molecule has 2 aromatic heterocycles. The van der Waals surface area contributed by atoms with Crippen LogP contribution in [0.15, 0.2) is 24.3 Å². The normalized spacial score (nSPS) is 20.5. The first-order valence-electron chi connectivity index (χ1n) is 8.35. The van der Waals surface area contributed by atoms with Crippen LogP contribution in [0.5, 0.6) is 0 Å². The highest BCUT2D eigenvalue weighted by Crippen LogP contribution is 2.26. The van der Waals surface area contributed by atoms with E-state index in [2.05, 4.69) is 15.2 Å². The molecule has 2 atom stereocenters. The molecule has 1 fully saturated rings. The predicted octanol–water partition coefficient (Wildman–Crippen LogP) is 2.31. The van der Waals surface area contributed by atoms with Crippen molar-refractivity contribution in [2.24, 2.45) is 5.92 Å². The Morgan fingerprint density at radius 3 is 2.96 bits per heavy atom. The molecule has 1 aliphatic heterocycles. The maximum atomic E-state index is 12.8. The monoisotopic (exact) mass is 356 g/mol. The van der Waals surface area contributed by atoms with Crippen LogP contribution in [0.1, 0.15) is 26.8 Å². The molecule has 0 aliphatic carbocycles. The van der Waals surface area contributed by atoms with Gasteiger partial charge in [0.15, 0.2) is 0 Å². The van der Waals surface area contributed by atoms with Gasteiger partial charge in [-0.3, -0.25) is 9.89 Å². The number of aromatic amines is 1. The Morgan fingerprint density at radius 1 is 1.36 bits per heavy atom. The number of aryl methyl sites for hydroxylation is 2. The second kappa shape index (κ2) is 6.24. The molecule has 7 heteroatoms. The molecule has 1 amide bonds. The summed E-state index contributed by atoms with van der Waals surface area (Å²) >= 11 is 1.59. The summed E-state index contributed by atoms with van der Waals surface area (Å²) in [6, 6.07) is 7.60. The molecule has 0 unspecified atom stereocenters. The second-order valence-electron chi connectivity index (χ2n) is 6.70. The lowest BCUT2D eigenvalue weighted by Gasteiger charge is -2.16. The van der Waals surface area contributed by atoms with Gasteiger partial charge in [0.05, 0.1) is 27.0 Å². The summed E-state index contributed by atoms with van der Waals surface area (Å²) in [4.78, 5) is 19.0. The highest BCUT2D eigenvalue weighted by Gasteiger charge is 2.34. The van der Waals surface area contributed by atoms with E-state index in [0.29, 0.717) is 25.1 Å². The minimum Gasteiger partial charge on any atom is -0.391 e. The molecule has 0 radical (unpaired) electrons. The van der Waals surface area contributed by atoms with Crippen molar-refractivity contribution in [3.63, 3.8) is 0 Å². The van der Waals surface area contributed by atoms with Crippen LogP contribution in [0.25, 0.3) is 10.2 Å². The standard InChI is InChI=1S/C18H20N4O2S/c1-10-5-14(21-20-10)6-13-8-22(9-16(13)23)18(24)12-3-4-15-17(7-12)25-11(2)19-15/h3-5,7,13,16,23H,6,8-9H2,1-2H3,(H,20,21)/t13-,16-/m1/s1. The lowest BCUT2D eigenvalue weighted by atomic mass is 10.0. The van der Waals surface area contributed by atoms with E-state index in [1.807, 2.05) is 38.1 Å². The molecule has 3 heterocycles. The van der Waals surface area contributed by atoms with Crippen molar-refractivity contribution >= 4 is 27.5 Å². The van der Waals surface area contributed by atoms with E-state index in [1.54, 1.807) is 16.2 Å². The van der Waals surface area contributed by atoms with Gasteiger partial charge in [0.2, 0.25) is 0 Å². The fourth-order valence-electron chi connectivity index (χ4n) is 3.42. The Bertz CT molecular complexity index is 932. The van der Waals surface area contributed by atoms with Crippen LogP contribution in [0.2, 0.25) is 0 Å². The quantitative estimate of drug-likeness (QED) is 0.754. The fraction of sp³-hybridized carbons (Fsp3) is 0.389. The number of amides is 1. The van der Waals surface area contributed by atoms with Crippen molar-refractivity contribution in [2.45, 2.75) is 26.4 Å². The number of β-amino-alcohol motifs (C(OH)–C–C–N with tert-alkyl or cyclic N) is 1. The molecular formula is C18H20N4O2S. The number of aliphatic hydroxyl groups is 1. The number of nitrogens with one attached hydrogen (secondary N) is 1. The molecule has 1 aromatic carbocycles. The van der Waals surface area contributed by atoms with Crippen LogP contribution in [0, 0.1) is 19.8 Å². The molecule has 1 aliphatic rings. The van der Waals surface area contributed by atoms with Gasteiger partial charge in [-0.2, -0.15) is 5.10 Å². The average molecular weight is 356 g/mol. The van der Waals surface area contributed by atoms with E-state index >= 15 is 0 Å². The largest absolute Gasteiger partial charge is 0.391 e. The smallest absolute Gasteiger partial charge is 0.254 e. The van der Waals surface area contributed by atoms with Gasteiger partial charge in [-0.1, -0.05) is 0 Å². The van der Waals surface area contributed by atoms with Crippen molar-refractivity contribution in [2.75, 3.05) is 13.1 Å². The molecular weight excluding hydrogens is 336 g/mol. The number of aliphatic hydroxyl groups excluding tert-OH is 1. The van der Waals surface area contributed by atoms with Crippen LogP contribution in [0.4, 0.5) is 0 Å². The van der Waals surface area contributed by atoms with E-state index in [9.17, 15) is 9.90 Å². The van der Waals surface area contributed by atoms with Crippen molar-refractivity contribution in [3.05, 3.63) is 46.2 Å². The van der Waals surface area contributed by atoms with Gasteiger partial charge in [-0.15, -0.1) is 11.3 Å². The minimum atomic E-state index is -0.518. The van der Waals surface area contributed by atoms with E-state index < -0.39 is 6.10 Å². The Kier molecular flexibility index (Phi) is 4.05. The topological polar surface area (TPSA) is 82.1 Å². The summed E-state index contributed by atoms with van der Waals surface area (Å²) in [5.41, 5.74) is 3.51. The Morgan fingerprint density at radius 2 is 2.20 bits per heavy atom. The number of likely N-dealkylation sites (tertiary alicyclic amines) is 1. The summed E-state index contributed by atoms with van der Waals surface area (Å²) < 4.78 is 1.02. The Labute approximate surface area is 149 Å². The van der Waals surface area contributed by atoms with Gasteiger partial charge in [0, 0.05) is 30.3 Å². The first kappa shape index (κ1) is 16.2. The zero-order valence-corrected chi connectivity index (χ0v) is 15.0. The van der Waals surface area contributed by atoms with Gasteiger partial charge in [0.1, 0.15) is 0 Å². The molecule has 0 spiro atoms. The van der Waals surface area contributed by atoms with E-state index in [-0.39, 0.29) is 11.8 Å². The fourth-order valence-corrected chi connectivity index (χ4v) is 4.29. The number of aromatic nitrogens is 3. The highest BCUT2D eigenvalue weighted by molar-refractivity contribution is 7.18. The third kappa shape index (κ3) is 3.17. The molecule has 3 aromatic rings. The van der Waals surface area contributed by atoms with Crippen molar-refractivity contribution in [3.8, 4) is 0 Å². The zero-order chi connectivity index (χ0) is 17.6. The second-order valence-corrected chi connectivity index (χ2v) is 7.93. The molecule has 0 saturated carbocycles. The van der Waals surface area contributed by atoms with E-state index in [0.717, 1.165) is 26.6 Å². The number of benzene rings is 1. The third-order valence-electron chi connectivity index (χ3n) is 4.67. The number of H-pyrrole nitrogens is 1. The lowest BCUT2D eigenvalue weighted by Crippen LogP contribution is -2.29. The molecule has 4 rings (SSSR count). The summed E-state index contributed by atoms with van der Waals surface area (Å²) in [5, 5.41) is 18.5. The van der Waals surface area contributed by atoms with Gasteiger partial charge >= 0.3 is 0 Å². The molecule has 6 nitrogen and oxygen atoms in total. The minimum absolute atomic E-state index is 0.0148. The number of fused-ring (bicyclic) bond motifs is 1. The summed E-state index contributed by atoms with van der Waals surface area (Å²) in [7, 11) is 0. The number of thiazole rings is 1. The van der Waals surface area contributed by atoms with E-state index in [4.69, 9.17) is 0 Å². The van der Waals surface area contributed by atoms with Crippen LogP contribution in [0.3, 0.4) is 0 Å². The number of carbonyl (C=O) groups is 1. The van der Waals surface area contributed by atoms with Crippen molar-refractivity contribution < 1.29 is 9.90 Å². The number of hydrogen-bond donors (Lipinski definition) is 2. The molecule has 25 heavy (non-hydrogen) atoms. The van der Waals surface area contributed by atoms with Gasteiger partial charge < -0.3 is 10.0 Å². The Hall–Kier alpha value is -2.25. The molecule has 0 bridgehead atoms. The number of nitrogens with zero attached hydrogens (tertiary/aromatic N) is 3. The van der Waals surface area contributed by atoms with Crippen LogP contribution in [-0.4, -0.2) is 50.3 Å². The van der Waals surface area contributed by atoms with Crippen molar-refractivity contribution in [1.82, 2.24) is 20.1 Å². The number of carbonyl (C=O) groups excluding carboxylic acids is 1. The average Bonchev–Trinajstić information content (AvgIpc) is 3.25. The van der Waals surface area contributed by atoms with Crippen molar-refractivity contribution in [1.29, 1.82) is 0 Å². The highest BCUT2D eigenvalue weighted by atomic mass is 32.1. The first-order chi connectivity index (χ1) is 12.0. The SMILES string of the molecule is Cc1cc(C[C@@H]2CN(C(=O)c3ccc4nc(C)sc4c3)C[C@H]2O)n[nH]1. The summed E-state index contributed by atoms with van der Waals surface area (Å²) in [6.07, 6.45) is 0.151. The lowest BCUT2D eigenvalue weighted by molar-refractivity contribution is 0.0765. The maximum absolute atomic E-state index is 12.8. The Balaban J connectivity index is 1.49. The summed E-state index contributed by atoms with van der Waals surface area (Å²) in [5.74, 6) is -0.0197. The number of hydrogen-bond acceptors (Lipinski definition) is 5. The predicted molar refractivity (Wildman–Crippen MR) is 96.8 cm³/mol. The summed E-state index contributed by atoms with van der Waals surface area (Å²) in [6.45, 7) is 4.83. The van der Waals surface area contributed by atoms with Crippen LogP contribution < -0.4 is 0 Å². The van der Waals surface area contributed by atoms with Crippen LogP contribution in [-0.2, 0) is 6.42 Å². The zero-order valence-electron chi connectivity index (χ0n) is 14.2. The maximum Gasteiger partial charge on any atom is 0.254 e. The molecule has 2 N–H and O–H groups in total. The van der Waals surface area contributed by atoms with Gasteiger partial charge in [-0.25, -0.2) is 4.98 Å². The first-order valence-corrected chi connectivity index (χ1v) is 9.16. The van der Waals surface area contributed by atoms with E-state index in [1.165, 1.54) is 0 Å².